The molecule has 7 nitrogen and oxygen atoms in total. The Morgan fingerprint density at radius 3 is 2.69 bits per heavy atom. The fourth-order valence-corrected chi connectivity index (χ4v) is 5.97. The number of nitrogens with two attached hydrogens (primary N) is 1. The Kier molecular flexibility index (Phi) is 6.27. The molecule has 5 N–H and O–H groups in total. The minimum Gasteiger partial charge on any atom is -0.390 e. The largest absolute Gasteiger partial charge is 0.390 e. The van der Waals surface area contributed by atoms with E-state index in [2.05, 4.69) is 9.71 Å². The molecule has 4 rings (SSSR count). The van der Waals surface area contributed by atoms with Crippen LogP contribution in [0.2, 0.25) is 0 Å². The van der Waals surface area contributed by atoms with E-state index in [1.54, 1.807) is 45.9 Å². The molecule has 3 aromatic rings. The normalized spacial score (nSPS) is 16.6. The SMILES string of the molecule is CC=CS(=O)(=O)Nc1cccc(-c2c(F)cc(C(N)=O)c3[nH]c4c(c23)CC[C@@H](C(C)(C)O)C4)c1C. The molecule has 0 radical (unpaired) electrons. The number of halogens is 1. The van der Waals surface area contributed by atoms with Crippen LogP contribution in [0.4, 0.5) is 10.1 Å². The molecule has 0 saturated heterocycles. The number of H-pyrrole nitrogens is 1. The Hall–Kier alpha value is -3.17. The average molecular weight is 500 g/mol. The molecular formula is C26H30FN3O4S. The van der Waals surface area contributed by atoms with Crippen LogP contribution in [0.25, 0.3) is 22.0 Å². The van der Waals surface area contributed by atoms with Gasteiger partial charge in [0.25, 0.3) is 15.9 Å². The molecule has 0 unspecified atom stereocenters. The van der Waals surface area contributed by atoms with Crippen LogP contribution >= 0.6 is 0 Å². The molecule has 1 atom stereocenters. The first-order valence-electron chi connectivity index (χ1n) is 11.5. The van der Waals surface area contributed by atoms with Crippen LogP contribution in [0, 0.1) is 18.7 Å². The Balaban J connectivity index is 1.97. The van der Waals surface area contributed by atoms with Crippen molar-refractivity contribution < 1.29 is 22.7 Å². The molecule has 1 aliphatic carbocycles. The number of aliphatic hydroxyl groups is 1. The van der Waals surface area contributed by atoms with Gasteiger partial charge < -0.3 is 15.8 Å². The smallest absolute Gasteiger partial charge is 0.254 e. The minimum atomic E-state index is -3.72. The van der Waals surface area contributed by atoms with Crippen molar-refractivity contribution in [2.24, 2.45) is 11.7 Å². The molecule has 2 aromatic carbocycles. The van der Waals surface area contributed by atoms with Gasteiger partial charge in [-0.1, -0.05) is 18.2 Å². The highest BCUT2D eigenvalue weighted by Gasteiger charge is 2.34. The van der Waals surface area contributed by atoms with Crippen LogP contribution in [-0.2, 0) is 22.9 Å². The fourth-order valence-electron chi connectivity index (χ4n) is 5.02. The maximum atomic E-state index is 15.7. The first-order chi connectivity index (χ1) is 16.3. The summed E-state index contributed by atoms with van der Waals surface area (Å²) in [5.41, 5.74) is 8.62. The minimum absolute atomic E-state index is 0.000483. The van der Waals surface area contributed by atoms with Crippen LogP contribution in [-0.4, -0.2) is 30.0 Å². The number of benzene rings is 2. The molecule has 1 aliphatic rings. The summed E-state index contributed by atoms with van der Waals surface area (Å²) in [7, 11) is -3.72. The Morgan fingerprint density at radius 2 is 2.06 bits per heavy atom. The number of anilines is 1. The van der Waals surface area contributed by atoms with E-state index in [-0.39, 0.29) is 17.0 Å². The number of rotatable bonds is 6. The van der Waals surface area contributed by atoms with E-state index in [1.807, 2.05) is 0 Å². The number of sulfonamides is 1. The lowest BCUT2D eigenvalue weighted by atomic mass is 9.77. The Labute approximate surface area is 204 Å². The number of hydrogen-bond acceptors (Lipinski definition) is 4. The molecular weight excluding hydrogens is 469 g/mol. The summed E-state index contributed by atoms with van der Waals surface area (Å²) in [6, 6.07) is 6.14. The van der Waals surface area contributed by atoms with Crippen molar-refractivity contribution in [2.45, 2.75) is 52.6 Å². The van der Waals surface area contributed by atoms with E-state index >= 15 is 4.39 Å². The number of primary amides is 1. The summed E-state index contributed by atoms with van der Waals surface area (Å²) in [6.07, 6.45) is 3.26. The van der Waals surface area contributed by atoms with Crippen molar-refractivity contribution in [3.05, 3.63) is 64.0 Å². The summed E-state index contributed by atoms with van der Waals surface area (Å²) < 4.78 is 42.8. The number of aromatic amines is 1. The van der Waals surface area contributed by atoms with Gasteiger partial charge in [0.2, 0.25) is 0 Å². The average Bonchev–Trinajstić information content (AvgIpc) is 3.13. The number of allylic oxidation sites excluding steroid dienone is 1. The van der Waals surface area contributed by atoms with Gasteiger partial charge in [0, 0.05) is 22.1 Å². The molecule has 35 heavy (non-hydrogen) atoms. The monoisotopic (exact) mass is 499 g/mol. The van der Waals surface area contributed by atoms with E-state index in [1.165, 1.54) is 6.08 Å². The highest BCUT2D eigenvalue weighted by Crippen LogP contribution is 2.43. The zero-order chi connectivity index (χ0) is 25.7. The molecule has 9 heteroatoms. The van der Waals surface area contributed by atoms with E-state index in [0.717, 1.165) is 22.7 Å². The Bertz CT molecular complexity index is 1470. The summed E-state index contributed by atoms with van der Waals surface area (Å²) in [5, 5.41) is 12.2. The van der Waals surface area contributed by atoms with Gasteiger partial charge in [-0.2, -0.15) is 0 Å². The van der Waals surface area contributed by atoms with Crippen LogP contribution in [0.15, 0.2) is 35.7 Å². The molecule has 0 bridgehead atoms. The second-order valence-corrected chi connectivity index (χ2v) is 11.2. The van der Waals surface area contributed by atoms with Crippen molar-refractivity contribution in [3.8, 4) is 11.1 Å². The molecule has 186 valence electrons. The number of aromatic nitrogens is 1. The zero-order valence-corrected chi connectivity index (χ0v) is 21.0. The van der Waals surface area contributed by atoms with Gasteiger partial charge in [0.15, 0.2) is 0 Å². The van der Waals surface area contributed by atoms with Gasteiger partial charge in [-0.3, -0.25) is 9.52 Å². The first kappa shape index (κ1) is 24.9. The highest BCUT2D eigenvalue weighted by atomic mass is 32.2. The number of nitrogens with one attached hydrogen (secondary N) is 2. The van der Waals surface area contributed by atoms with Gasteiger partial charge in [0.1, 0.15) is 5.82 Å². The fraction of sp³-hybridized carbons (Fsp3) is 0.346. The number of carbonyl (C=O) groups is 1. The van der Waals surface area contributed by atoms with Crippen molar-refractivity contribution in [2.75, 3.05) is 4.72 Å². The lowest BCUT2D eigenvalue weighted by molar-refractivity contribution is 0.0107. The maximum Gasteiger partial charge on any atom is 0.254 e. The maximum absolute atomic E-state index is 15.7. The third kappa shape index (κ3) is 4.58. The van der Waals surface area contributed by atoms with E-state index in [0.29, 0.717) is 47.0 Å². The van der Waals surface area contributed by atoms with Crippen molar-refractivity contribution in [1.82, 2.24) is 4.98 Å². The summed E-state index contributed by atoms with van der Waals surface area (Å²) in [5.74, 6) is -1.36. The third-order valence-corrected chi connectivity index (χ3v) is 7.98. The van der Waals surface area contributed by atoms with Crippen molar-refractivity contribution >= 4 is 32.5 Å². The van der Waals surface area contributed by atoms with E-state index in [4.69, 9.17) is 5.73 Å². The van der Waals surface area contributed by atoms with Crippen LogP contribution in [0.3, 0.4) is 0 Å². The first-order valence-corrected chi connectivity index (χ1v) is 13.0. The number of amides is 1. The predicted octanol–water partition coefficient (Wildman–Crippen LogP) is 4.53. The van der Waals surface area contributed by atoms with Crippen LogP contribution < -0.4 is 10.5 Å². The van der Waals surface area contributed by atoms with Gasteiger partial charge in [-0.25, -0.2) is 12.8 Å². The highest BCUT2D eigenvalue weighted by molar-refractivity contribution is 7.95. The molecule has 1 heterocycles. The standard InChI is InChI=1S/C26H30FN3O4S/c1-5-11-35(33,34)30-20-8-6-7-16(14(20)2)22-19(27)13-18(25(28)31)24-23(22)17-10-9-15(26(3,4)32)12-21(17)29-24/h5-8,11,13,15,29-30,32H,9-10,12H2,1-4H3,(H2,28,31)/t15-/m1/s1. The predicted molar refractivity (Wildman–Crippen MR) is 136 cm³/mol. The number of carbonyl (C=O) groups excluding carboxylic acids is 1. The van der Waals surface area contributed by atoms with E-state index < -0.39 is 27.3 Å². The summed E-state index contributed by atoms with van der Waals surface area (Å²) in [6.45, 7) is 6.87. The van der Waals surface area contributed by atoms with Gasteiger partial charge >= 0.3 is 0 Å². The number of fused-ring (bicyclic) bond motifs is 3. The van der Waals surface area contributed by atoms with Gasteiger partial charge in [0.05, 0.1) is 22.4 Å². The van der Waals surface area contributed by atoms with Crippen molar-refractivity contribution in [1.29, 1.82) is 0 Å². The third-order valence-electron chi connectivity index (χ3n) is 6.85. The molecule has 0 spiro atoms. The van der Waals surface area contributed by atoms with Crippen LogP contribution in [0.1, 0.15) is 54.4 Å². The summed E-state index contributed by atoms with van der Waals surface area (Å²) in [4.78, 5) is 15.5. The van der Waals surface area contributed by atoms with Crippen molar-refractivity contribution in [3.63, 3.8) is 0 Å². The van der Waals surface area contributed by atoms with Gasteiger partial charge in [-0.05, 0) is 81.7 Å². The van der Waals surface area contributed by atoms with E-state index in [9.17, 15) is 18.3 Å². The lowest BCUT2D eigenvalue weighted by Gasteiger charge is -2.32. The molecule has 0 aliphatic heterocycles. The number of aryl methyl sites for hydroxylation is 1. The lowest BCUT2D eigenvalue weighted by Crippen LogP contribution is -2.34. The molecule has 1 aromatic heterocycles. The Morgan fingerprint density at radius 1 is 1.34 bits per heavy atom. The molecule has 0 fully saturated rings. The molecule has 1 amide bonds. The van der Waals surface area contributed by atoms with Crippen LogP contribution in [0.5, 0.6) is 0 Å². The second kappa shape index (κ2) is 8.80. The number of hydrogen-bond donors (Lipinski definition) is 4. The summed E-state index contributed by atoms with van der Waals surface area (Å²) >= 11 is 0. The topological polar surface area (TPSA) is 125 Å². The molecule has 0 saturated carbocycles. The zero-order valence-electron chi connectivity index (χ0n) is 20.2. The second-order valence-electron chi connectivity index (χ2n) is 9.67. The quantitative estimate of drug-likeness (QED) is 0.397. The van der Waals surface area contributed by atoms with Gasteiger partial charge in [-0.15, -0.1) is 0 Å².